The van der Waals surface area contributed by atoms with Crippen LogP contribution in [-0.2, 0) is 14.3 Å². The Labute approximate surface area is 203 Å². The second kappa shape index (κ2) is 12.5. The molecule has 0 aliphatic rings. The first-order valence-corrected chi connectivity index (χ1v) is 10.5. The quantitative estimate of drug-likeness (QED) is 0.241. The molecule has 3 aromatic carbocycles. The molecule has 1 amide bonds. The lowest BCUT2D eigenvalue weighted by Gasteiger charge is -2.12. The number of carbonyl (C=O) groups excluding carboxylic acids is 2. The van der Waals surface area contributed by atoms with E-state index in [4.69, 9.17) is 18.9 Å². The van der Waals surface area contributed by atoms with Gasteiger partial charge in [0, 0.05) is 11.8 Å². The molecule has 1 N–H and O–H groups in total. The maximum absolute atomic E-state index is 12.1. The van der Waals surface area contributed by atoms with Crippen LogP contribution in [0.1, 0.15) is 5.56 Å². The zero-order chi connectivity index (χ0) is 25.0. The monoisotopic (exact) mass is 475 g/mol. The summed E-state index contributed by atoms with van der Waals surface area (Å²) in [4.78, 5) is 24.2. The van der Waals surface area contributed by atoms with Crippen LogP contribution in [0.4, 0.5) is 17.1 Å². The van der Waals surface area contributed by atoms with E-state index in [1.165, 1.54) is 33.5 Å². The Morgan fingerprint density at radius 3 is 2.00 bits per heavy atom. The first-order chi connectivity index (χ1) is 17.0. The lowest BCUT2D eigenvalue weighted by Crippen LogP contribution is -2.20. The van der Waals surface area contributed by atoms with Crippen molar-refractivity contribution < 1.29 is 28.5 Å². The van der Waals surface area contributed by atoms with E-state index in [1.807, 2.05) is 30.3 Å². The number of nitrogens with one attached hydrogen (secondary N) is 1. The van der Waals surface area contributed by atoms with E-state index in [0.717, 1.165) is 5.69 Å². The molecule has 0 fully saturated rings. The number of carbonyl (C=O) groups is 2. The van der Waals surface area contributed by atoms with Gasteiger partial charge in [0.25, 0.3) is 5.91 Å². The summed E-state index contributed by atoms with van der Waals surface area (Å²) in [5.74, 6) is 0.195. The fraction of sp³-hybridized carbons (Fsp3) is 0.154. The van der Waals surface area contributed by atoms with Gasteiger partial charge >= 0.3 is 5.97 Å². The molecule has 0 saturated heterocycles. The number of amides is 1. The molecule has 0 spiro atoms. The highest BCUT2D eigenvalue weighted by molar-refractivity contribution is 5.94. The highest BCUT2D eigenvalue weighted by Crippen LogP contribution is 2.38. The Kier molecular flexibility index (Phi) is 8.95. The van der Waals surface area contributed by atoms with Gasteiger partial charge in [-0.3, -0.25) is 4.79 Å². The SMILES string of the molecule is COc1cc(/C=C/C(=O)OCC(=O)Nc2ccc(N=Nc3ccccc3)cc2)cc(OC)c1OC. The second-order valence-corrected chi connectivity index (χ2v) is 7.03. The average Bonchev–Trinajstić information content (AvgIpc) is 2.90. The Hall–Kier alpha value is -4.66. The van der Waals surface area contributed by atoms with Crippen molar-refractivity contribution in [2.75, 3.05) is 33.3 Å². The van der Waals surface area contributed by atoms with Crippen LogP contribution in [0.2, 0.25) is 0 Å². The highest BCUT2D eigenvalue weighted by Gasteiger charge is 2.12. The van der Waals surface area contributed by atoms with Crippen molar-refractivity contribution in [3.63, 3.8) is 0 Å². The molecule has 0 saturated carbocycles. The summed E-state index contributed by atoms with van der Waals surface area (Å²) < 4.78 is 20.8. The third-order valence-corrected chi connectivity index (χ3v) is 4.63. The molecule has 0 unspecified atom stereocenters. The number of benzene rings is 3. The lowest BCUT2D eigenvalue weighted by molar-refractivity contribution is -0.142. The molecule has 9 heteroatoms. The first kappa shape index (κ1) is 25.0. The molecule has 0 aromatic heterocycles. The summed E-state index contributed by atoms with van der Waals surface area (Å²) in [6, 6.07) is 19.5. The minimum atomic E-state index is -0.675. The van der Waals surface area contributed by atoms with E-state index in [9.17, 15) is 9.59 Å². The predicted octanol–water partition coefficient (Wildman–Crippen LogP) is 5.32. The first-order valence-electron chi connectivity index (χ1n) is 10.5. The molecule has 9 nitrogen and oxygen atoms in total. The van der Waals surface area contributed by atoms with Gasteiger partial charge in [-0.1, -0.05) is 18.2 Å². The Morgan fingerprint density at radius 1 is 0.829 bits per heavy atom. The molecule has 3 rings (SSSR count). The molecule has 0 bridgehead atoms. The van der Waals surface area contributed by atoms with Crippen molar-refractivity contribution in [2.24, 2.45) is 10.2 Å². The van der Waals surface area contributed by atoms with Gasteiger partial charge in [0.2, 0.25) is 5.75 Å². The van der Waals surface area contributed by atoms with Crippen LogP contribution in [0.3, 0.4) is 0 Å². The molecule has 0 heterocycles. The maximum Gasteiger partial charge on any atom is 0.331 e. The van der Waals surface area contributed by atoms with Crippen LogP contribution in [0.15, 0.2) is 83.0 Å². The van der Waals surface area contributed by atoms with Crippen LogP contribution < -0.4 is 19.5 Å². The summed E-state index contributed by atoms with van der Waals surface area (Å²) in [6.45, 7) is -0.437. The summed E-state index contributed by atoms with van der Waals surface area (Å²) in [5.41, 5.74) is 2.55. The molecule has 35 heavy (non-hydrogen) atoms. The average molecular weight is 476 g/mol. The largest absolute Gasteiger partial charge is 0.493 e. The van der Waals surface area contributed by atoms with Crippen molar-refractivity contribution in [1.82, 2.24) is 0 Å². The fourth-order valence-electron chi connectivity index (χ4n) is 2.97. The van der Waals surface area contributed by atoms with Crippen LogP contribution in [-0.4, -0.2) is 39.8 Å². The van der Waals surface area contributed by atoms with E-state index >= 15 is 0 Å². The van der Waals surface area contributed by atoms with E-state index < -0.39 is 18.5 Å². The molecule has 0 atom stereocenters. The topological polar surface area (TPSA) is 108 Å². The molecule has 3 aromatic rings. The summed E-state index contributed by atoms with van der Waals surface area (Å²) >= 11 is 0. The van der Waals surface area contributed by atoms with Gasteiger partial charge in [-0.05, 0) is 60.2 Å². The normalized spacial score (nSPS) is 10.8. The lowest BCUT2D eigenvalue weighted by atomic mass is 10.1. The van der Waals surface area contributed by atoms with Crippen LogP contribution in [0.5, 0.6) is 17.2 Å². The summed E-state index contributed by atoms with van der Waals surface area (Å²) in [7, 11) is 4.50. The van der Waals surface area contributed by atoms with Crippen molar-refractivity contribution >= 4 is 35.0 Å². The standard InChI is InChI=1S/C26H25N3O6/c1-32-22-15-18(16-23(33-2)26(22)34-3)9-14-25(31)35-17-24(30)27-19-10-12-21(13-11-19)29-28-20-7-5-4-6-8-20/h4-16H,17H2,1-3H3,(H,27,30)/b14-9+,29-28?. The van der Waals surface area contributed by atoms with Gasteiger partial charge in [0.05, 0.1) is 32.7 Å². The van der Waals surface area contributed by atoms with E-state index in [2.05, 4.69) is 15.5 Å². The molecule has 0 radical (unpaired) electrons. The second-order valence-electron chi connectivity index (χ2n) is 7.03. The van der Waals surface area contributed by atoms with Crippen molar-refractivity contribution in [1.29, 1.82) is 0 Å². The number of methoxy groups -OCH3 is 3. The number of hydrogen-bond donors (Lipinski definition) is 1. The minimum Gasteiger partial charge on any atom is -0.493 e. The van der Waals surface area contributed by atoms with Gasteiger partial charge in [0.1, 0.15) is 0 Å². The van der Waals surface area contributed by atoms with Gasteiger partial charge in [-0.2, -0.15) is 10.2 Å². The smallest absolute Gasteiger partial charge is 0.331 e. The number of ether oxygens (including phenoxy) is 4. The molecular weight excluding hydrogens is 450 g/mol. The zero-order valence-corrected chi connectivity index (χ0v) is 19.6. The Balaban J connectivity index is 1.50. The minimum absolute atomic E-state index is 0.437. The van der Waals surface area contributed by atoms with Gasteiger partial charge in [-0.25, -0.2) is 4.79 Å². The molecule has 0 aliphatic carbocycles. The van der Waals surface area contributed by atoms with Gasteiger partial charge in [-0.15, -0.1) is 0 Å². The van der Waals surface area contributed by atoms with Crippen LogP contribution >= 0.6 is 0 Å². The van der Waals surface area contributed by atoms with E-state index in [1.54, 1.807) is 36.4 Å². The molecular formula is C26H25N3O6. The van der Waals surface area contributed by atoms with Crippen LogP contribution in [0, 0.1) is 0 Å². The van der Waals surface area contributed by atoms with Crippen molar-refractivity contribution in [2.45, 2.75) is 0 Å². The summed E-state index contributed by atoms with van der Waals surface area (Å²) in [6.07, 6.45) is 2.73. The number of anilines is 1. The van der Waals surface area contributed by atoms with E-state index in [0.29, 0.717) is 34.2 Å². The zero-order valence-electron chi connectivity index (χ0n) is 19.6. The molecule has 0 aliphatic heterocycles. The Morgan fingerprint density at radius 2 is 1.43 bits per heavy atom. The fourth-order valence-corrected chi connectivity index (χ4v) is 2.97. The number of rotatable bonds is 10. The number of azo groups is 1. The van der Waals surface area contributed by atoms with E-state index in [-0.39, 0.29) is 0 Å². The third kappa shape index (κ3) is 7.43. The maximum atomic E-state index is 12.1. The van der Waals surface area contributed by atoms with Crippen molar-refractivity contribution in [3.8, 4) is 17.2 Å². The summed E-state index contributed by atoms with van der Waals surface area (Å²) in [5, 5.41) is 10.9. The predicted molar refractivity (Wildman–Crippen MR) is 132 cm³/mol. The number of nitrogens with zero attached hydrogens (tertiary/aromatic N) is 2. The third-order valence-electron chi connectivity index (χ3n) is 4.63. The van der Waals surface area contributed by atoms with Gasteiger partial charge in [0.15, 0.2) is 18.1 Å². The highest BCUT2D eigenvalue weighted by atomic mass is 16.5. The number of hydrogen-bond acceptors (Lipinski definition) is 8. The van der Waals surface area contributed by atoms with Crippen LogP contribution in [0.25, 0.3) is 6.08 Å². The molecule has 180 valence electrons. The van der Waals surface area contributed by atoms with Gasteiger partial charge < -0.3 is 24.3 Å². The number of esters is 1. The Bertz CT molecular complexity index is 1180. The van der Waals surface area contributed by atoms with Crippen molar-refractivity contribution in [3.05, 3.63) is 78.4 Å².